The molecule has 158 valence electrons. The molecule has 1 amide bonds. The Balaban J connectivity index is 2.14. The van der Waals surface area contributed by atoms with Gasteiger partial charge in [0.25, 0.3) is 20.2 Å². The van der Waals surface area contributed by atoms with E-state index in [-0.39, 0.29) is 24.5 Å². The molecule has 2 rings (SSSR count). The molecule has 1 aliphatic rings. The van der Waals surface area contributed by atoms with Gasteiger partial charge in [-0.2, -0.15) is 16.8 Å². The van der Waals surface area contributed by atoms with Gasteiger partial charge in [-0.25, -0.2) is 4.79 Å². The Bertz CT molecular complexity index is 891. The van der Waals surface area contributed by atoms with Crippen LogP contribution in [0.15, 0.2) is 35.2 Å². The number of carbonyl (C=O) groups is 1. The van der Waals surface area contributed by atoms with Gasteiger partial charge in [0.2, 0.25) is 0 Å². The fourth-order valence-corrected chi connectivity index (χ4v) is 4.31. The highest BCUT2D eigenvalue weighted by atomic mass is 32.2. The van der Waals surface area contributed by atoms with Gasteiger partial charge in [0.15, 0.2) is 0 Å². The molecule has 0 aliphatic carbocycles. The van der Waals surface area contributed by atoms with Gasteiger partial charge >= 0.3 is 6.09 Å². The molecule has 28 heavy (non-hydrogen) atoms. The van der Waals surface area contributed by atoms with Gasteiger partial charge in [-0.3, -0.25) is 8.37 Å². The number of ether oxygens (including phenoxy) is 1. The summed E-state index contributed by atoms with van der Waals surface area (Å²) in [5.74, 6) is 0. The van der Waals surface area contributed by atoms with Crippen molar-refractivity contribution in [2.75, 3.05) is 19.4 Å². The summed E-state index contributed by atoms with van der Waals surface area (Å²) in [4.78, 5) is 13.7. The zero-order valence-corrected chi connectivity index (χ0v) is 17.8. The van der Waals surface area contributed by atoms with Crippen molar-refractivity contribution >= 4 is 26.3 Å². The van der Waals surface area contributed by atoms with Crippen LogP contribution in [0.5, 0.6) is 0 Å². The number of benzene rings is 1. The van der Waals surface area contributed by atoms with Crippen LogP contribution in [0, 0.1) is 0 Å². The Hall–Kier alpha value is -1.69. The summed E-state index contributed by atoms with van der Waals surface area (Å²) in [6.07, 6.45) is -0.501. The molecule has 0 spiro atoms. The van der Waals surface area contributed by atoms with Crippen LogP contribution >= 0.6 is 0 Å². The second kappa shape index (κ2) is 8.36. The minimum atomic E-state index is -4.02. The summed E-state index contributed by atoms with van der Waals surface area (Å²) < 4.78 is 62.9. The maximum absolute atomic E-state index is 12.5. The third-order valence-corrected chi connectivity index (χ3v) is 5.68. The Kier molecular flexibility index (Phi) is 6.74. The first-order valence-electron chi connectivity index (χ1n) is 8.59. The molecule has 0 unspecified atom stereocenters. The van der Waals surface area contributed by atoms with Crippen molar-refractivity contribution in [3.63, 3.8) is 0 Å². The molecular formula is C17H25NO8S2. The van der Waals surface area contributed by atoms with Gasteiger partial charge < -0.3 is 9.64 Å². The topological polar surface area (TPSA) is 116 Å². The van der Waals surface area contributed by atoms with E-state index in [4.69, 9.17) is 13.1 Å². The molecule has 1 aliphatic heterocycles. The van der Waals surface area contributed by atoms with Crippen LogP contribution in [0.25, 0.3) is 0 Å². The number of nitrogens with zero attached hydrogens (tertiary/aromatic N) is 1. The van der Waals surface area contributed by atoms with Crippen molar-refractivity contribution in [1.82, 2.24) is 4.90 Å². The molecule has 1 heterocycles. The molecule has 0 bridgehead atoms. The summed E-state index contributed by atoms with van der Waals surface area (Å²) >= 11 is 0. The monoisotopic (exact) mass is 435 g/mol. The first-order chi connectivity index (χ1) is 12.8. The van der Waals surface area contributed by atoms with Gasteiger partial charge in [0, 0.05) is 0 Å². The van der Waals surface area contributed by atoms with Gasteiger partial charge in [-0.15, -0.1) is 0 Å². The van der Waals surface area contributed by atoms with Crippen LogP contribution in [0.2, 0.25) is 0 Å². The normalized spacial score (nSPS) is 20.9. The molecule has 0 saturated carbocycles. The summed E-state index contributed by atoms with van der Waals surface area (Å²) in [6, 6.07) is 6.87. The summed E-state index contributed by atoms with van der Waals surface area (Å²) in [5, 5.41) is 0. The van der Waals surface area contributed by atoms with E-state index >= 15 is 0 Å². The number of amides is 1. The molecule has 1 saturated heterocycles. The van der Waals surface area contributed by atoms with Crippen LogP contribution in [0.4, 0.5) is 4.79 Å². The lowest BCUT2D eigenvalue weighted by atomic mass is 10.2. The lowest BCUT2D eigenvalue weighted by Gasteiger charge is -2.28. The minimum absolute atomic E-state index is 0.0132. The Labute approximate surface area is 165 Å². The number of hydrogen-bond donors (Lipinski definition) is 0. The van der Waals surface area contributed by atoms with E-state index in [0.29, 0.717) is 0 Å². The zero-order chi connectivity index (χ0) is 21.2. The maximum atomic E-state index is 12.5. The largest absolute Gasteiger partial charge is 0.444 e. The summed E-state index contributed by atoms with van der Waals surface area (Å²) in [7, 11) is -7.76. The second-order valence-corrected chi connectivity index (χ2v) is 10.7. The van der Waals surface area contributed by atoms with Crippen LogP contribution in [-0.4, -0.2) is 65.0 Å². The average molecular weight is 436 g/mol. The summed E-state index contributed by atoms with van der Waals surface area (Å²) in [6.45, 7) is 4.67. The van der Waals surface area contributed by atoms with E-state index in [1.165, 1.54) is 17.0 Å². The molecule has 1 aromatic carbocycles. The number of rotatable bonds is 6. The SMILES string of the molecule is CC(C)(C)OC(=O)N1C[C@H](OS(C)(=O)=O)C[C@H]1COS(=O)(=O)c1ccccc1. The molecule has 0 radical (unpaired) electrons. The average Bonchev–Trinajstić information content (AvgIpc) is 2.93. The standard InChI is InChI=1S/C17H25NO8S2/c1-17(2,3)25-16(19)18-11-14(26-27(4,20)21)10-13(18)12-24-28(22,23)15-8-6-5-7-9-15/h5-9,13-14H,10-12H2,1-4H3/t13-,14+/m0/s1. The Morgan fingerprint density at radius 3 is 2.29 bits per heavy atom. The number of carbonyl (C=O) groups excluding carboxylic acids is 1. The molecule has 2 atom stereocenters. The fourth-order valence-electron chi connectivity index (χ4n) is 2.72. The first-order valence-corrected chi connectivity index (χ1v) is 11.8. The van der Waals surface area contributed by atoms with Crippen molar-refractivity contribution in [3.05, 3.63) is 30.3 Å². The second-order valence-electron chi connectivity index (χ2n) is 7.50. The van der Waals surface area contributed by atoms with Crippen molar-refractivity contribution in [2.45, 2.75) is 49.8 Å². The smallest absolute Gasteiger partial charge is 0.410 e. The predicted octanol–water partition coefficient (Wildman–Crippen LogP) is 1.75. The third kappa shape index (κ3) is 6.73. The molecule has 0 N–H and O–H groups in total. The molecular weight excluding hydrogens is 410 g/mol. The van der Waals surface area contributed by atoms with Crippen molar-refractivity contribution in [3.8, 4) is 0 Å². The quantitative estimate of drug-likeness (QED) is 0.621. The van der Waals surface area contributed by atoms with Gasteiger partial charge in [-0.1, -0.05) is 18.2 Å². The van der Waals surface area contributed by atoms with E-state index in [1.54, 1.807) is 39.0 Å². The summed E-state index contributed by atoms with van der Waals surface area (Å²) in [5.41, 5.74) is -0.769. The van der Waals surface area contributed by atoms with E-state index in [2.05, 4.69) is 0 Å². The van der Waals surface area contributed by atoms with Crippen molar-refractivity contribution in [2.24, 2.45) is 0 Å². The fraction of sp³-hybridized carbons (Fsp3) is 0.588. The van der Waals surface area contributed by atoms with E-state index in [9.17, 15) is 21.6 Å². The number of hydrogen-bond acceptors (Lipinski definition) is 8. The minimum Gasteiger partial charge on any atom is -0.444 e. The van der Waals surface area contributed by atoms with Crippen LogP contribution < -0.4 is 0 Å². The maximum Gasteiger partial charge on any atom is 0.410 e. The van der Waals surface area contributed by atoms with Gasteiger partial charge in [-0.05, 0) is 39.3 Å². The van der Waals surface area contributed by atoms with E-state index in [1.807, 2.05) is 0 Å². The van der Waals surface area contributed by atoms with Crippen LogP contribution in [-0.2, 0) is 33.3 Å². The molecule has 1 aromatic rings. The lowest BCUT2D eigenvalue weighted by Crippen LogP contribution is -2.42. The van der Waals surface area contributed by atoms with E-state index < -0.39 is 44.1 Å². The van der Waals surface area contributed by atoms with Gasteiger partial charge in [0.1, 0.15) is 5.60 Å². The number of likely N-dealkylation sites (tertiary alicyclic amines) is 1. The highest BCUT2D eigenvalue weighted by Crippen LogP contribution is 2.25. The highest BCUT2D eigenvalue weighted by molar-refractivity contribution is 7.86. The predicted molar refractivity (Wildman–Crippen MR) is 101 cm³/mol. The lowest BCUT2D eigenvalue weighted by molar-refractivity contribution is 0.0178. The molecule has 9 nitrogen and oxygen atoms in total. The van der Waals surface area contributed by atoms with Crippen molar-refractivity contribution < 1.29 is 34.7 Å². The van der Waals surface area contributed by atoms with Crippen LogP contribution in [0.1, 0.15) is 27.2 Å². The highest BCUT2D eigenvalue weighted by Gasteiger charge is 2.40. The zero-order valence-electron chi connectivity index (χ0n) is 16.2. The Morgan fingerprint density at radius 1 is 1.14 bits per heavy atom. The molecule has 0 aromatic heterocycles. The van der Waals surface area contributed by atoms with Crippen LogP contribution in [0.3, 0.4) is 0 Å². The van der Waals surface area contributed by atoms with Crippen molar-refractivity contribution in [1.29, 1.82) is 0 Å². The van der Waals surface area contributed by atoms with E-state index in [0.717, 1.165) is 6.26 Å². The molecule has 11 heteroatoms. The Morgan fingerprint density at radius 2 is 1.75 bits per heavy atom. The first kappa shape index (κ1) is 22.6. The van der Waals surface area contributed by atoms with Gasteiger partial charge in [0.05, 0.1) is 36.4 Å². The third-order valence-electron chi connectivity index (χ3n) is 3.76. The molecule has 1 fully saturated rings.